The third kappa shape index (κ3) is 4.23. The van der Waals surface area contributed by atoms with Crippen molar-refractivity contribution in [3.05, 3.63) is 28.2 Å². The van der Waals surface area contributed by atoms with E-state index >= 15 is 0 Å². The number of carboxylic acid groups (broad SMARTS) is 1. The molecule has 0 unspecified atom stereocenters. The van der Waals surface area contributed by atoms with Gasteiger partial charge in [0, 0.05) is 4.47 Å². The Balaban J connectivity index is 2.94. The normalized spacial score (nSPS) is 11.5. The Kier molecular flexibility index (Phi) is 5.51. The van der Waals surface area contributed by atoms with Crippen LogP contribution in [0.1, 0.15) is 16.8 Å². The van der Waals surface area contributed by atoms with Crippen molar-refractivity contribution < 1.29 is 24.2 Å². The number of halogens is 1. The fourth-order valence-corrected chi connectivity index (χ4v) is 1.83. The molecule has 0 spiro atoms. The van der Waals surface area contributed by atoms with E-state index in [0.29, 0.717) is 4.47 Å². The summed E-state index contributed by atoms with van der Waals surface area (Å²) in [7, 11) is 1.39. The van der Waals surface area contributed by atoms with Gasteiger partial charge in [0.25, 0.3) is 5.91 Å². The van der Waals surface area contributed by atoms with E-state index < -0.39 is 30.2 Å². The second kappa shape index (κ2) is 6.90. The summed E-state index contributed by atoms with van der Waals surface area (Å²) in [4.78, 5) is 33.7. The topological polar surface area (TPSA) is 119 Å². The molecular formula is C12H13BrN2O5. The average Bonchev–Trinajstić information content (AvgIpc) is 2.36. The van der Waals surface area contributed by atoms with Crippen LogP contribution in [0.15, 0.2) is 22.7 Å². The lowest BCUT2D eigenvalue weighted by atomic mass is 10.1. The van der Waals surface area contributed by atoms with Gasteiger partial charge < -0.3 is 20.9 Å². The number of ether oxygens (including phenoxy) is 1. The minimum absolute atomic E-state index is 0.159. The highest BCUT2D eigenvalue weighted by Gasteiger charge is 2.24. The van der Waals surface area contributed by atoms with Gasteiger partial charge in [0.1, 0.15) is 11.8 Å². The Morgan fingerprint density at radius 2 is 2.10 bits per heavy atom. The Bertz CT molecular complexity index is 547. The molecule has 0 fully saturated rings. The van der Waals surface area contributed by atoms with Crippen molar-refractivity contribution in [2.45, 2.75) is 12.5 Å². The van der Waals surface area contributed by atoms with Gasteiger partial charge >= 0.3 is 5.97 Å². The van der Waals surface area contributed by atoms with Crippen LogP contribution in [0.5, 0.6) is 5.75 Å². The molecule has 0 aromatic heterocycles. The summed E-state index contributed by atoms with van der Waals surface area (Å²) in [5, 5.41) is 11.2. The lowest BCUT2D eigenvalue weighted by molar-refractivity contribution is -0.140. The van der Waals surface area contributed by atoms with Crippen molar-refractivity contribution >= 4 is 33.7 Å². The van der Waals surface area contributed by atoms with Gasteiger partial charge in [-0.2, -0.15) is 0 Å². The minimum Gasteiger partial charge on any atom is -0.496 e. The molecule has 1 aromatic rings. The molecular weight excluding hydrogens is 332 g/mol. The number of carboxylic acids is 1. The molecule has 20 heavy (non-hydrogen) atoms. The van der Waals surface area contributed by atoms with Crippen LogP contribution >= 0.6 is 15.9 Å². The number of methoxy groups -OCH3 is 1. The molecule has 1 aromatic carbocycles. The smallest absolute Gasteiger partial charge is 0.326 e. The highest BCUT2D eigenvalue weighted by molar-refractivity contribution is 9.10. The number of rotatable bonds is 6. The lowest BCUT2D eigenvalue weighted by Crippen LogP contribution is -2.43. The Morgan fingerprint density at radius 1 is 1.45 bits per heavy atom. The number of amides is 2. The van der Waals surface area contributed by atoms with Crippen LogP contribution < -0.4 is 15.8 Å². The zero-order valence-corrected chi connectivity index (χ0v) is 12.1. The van der Waals surface area contributed by atoms with Crippen molar-refractivity contribution in [2.24, 2.45) is 5.73 Å². The maximum Gasteiger partial charge on any atom is 0.326 e. The van der Waals surface area contributed by atoms with Gasteiger partial charge in [-0.1, -0.05) is 15.9 Å². The van der Waals surface area contributed by atoms with Gasteiger partial charge in [0.15, 0.2) is 0 Å². The molecule has 0 saturated carbocycles. The summed E-state index contributed by atoms with van der Waals surface area (Å²) in [5.41, 5.74) is 5.10. The highest BCUT2D eigenvalue weighted by atomic mass is 79.9. The minimum atomic E-state index is -1.38. The number of nitrogens with one attached hydrogen (secondary N) is 1. The summed E-state index contributed by atoms with van der Waals surface area (Å²) in [5.74, 6) is -2.54. The largest absolute Gasteiger partial charge is 0.496 e. The van der Waals surface area contributed by atoms with Crippen molar-refractivity contribution in [2.75, 3.05) is 7.11 Å². The molecule has 1 atom stereocenters. The molecule has 0 aliphatic heterocycles. The number of carbonyl (C=O) groups is 3. The fraction of sp³-hybridized carbons (Fsp3) is 0.250. The second-order valence-electron chi connectivity index (χ2n) is 3.88. The van der Waals surface area contributed by atoms with Crippen molar-refractivity contribution in [3.63, 3.8) is 0 Å². The summed E-state index contributed by atoms with van der Waals surface area (Å²) < 4.78 is 5.75. The number of benzene rings is 1. The van der Waals surface area contributed by atoms with Crippen LogP contribution in [-0.2, 0) is 9.59 Å². The van der Waals surface area contributed by atoms with E-state index in [0.717, 1.165) is 0 Å². The second-order valence-corrected chi connectivity index (χ2v) is 4.80. The number of nitrogens with two attached hydrogens (primary N) is 1. The van der Waals surface area contributed by atoms with Gasteiger partial charge in [-0.05, 0) is 18.2 Å². The first kappa shape index (κ1) is 16.0. The van der Waals surface area contributed by atoms with Crippen LogP contribution in [0.2, 0.25) is 0 Å². The van der Waals surface area contributed by atoms with Crippen LogP contribution in [0.25, 0.3) is 0 Å². The standard InChI is InChI=1S/C12H13BrN2O5/c1-20-9-4-6(13)2-3-7(9)11(17)15-8(12(18)19)5-10(14)16/h2-4,8H,5H2,1H3,(H2,14,16)(H,15,17)(H,18,19)/t8-/m1/s1. The zero-order valence-electron chi connectivity index (χ0n) is 10.6. The number of hydrogen-bond donors (Lipinski definition) is 3. The summed E-state index contributed by atoms with van der Waals surface area (Å²) in [6.45, 7) is 0. The van der Waals surface area contributed by atoms with Crippen LogP contribution in [0.4, 0.5) is 0 Å². The molecule has 0 bridgehead atoms. The predicted molar refractivity (Wildman–Crippen MR) is 73.4 cm³/mol. The molecule has 8 heteroatoms. The zero-order chi connectivity index (χ0) is 15.3. The number of carbonyl (C=O) groups excluding carboxylic acids is 2. The van der Waals surface area contributed by atoms with Crippen molar-refractivity contribution in [1.82, 2.24) is 5.32 Å². The molecule has 108 valence electrons. The first-order chi connectivity index (χ1) is 9.35. The monoisotopic (exact) mass is 344 g/mol. The molecule has 0 heterocycles. The van der Waals surface area contributed by atoms with E-state index in [-0.39, 0.29) is 11.3 Å². The van der Waals surface area contributed by atoms with Crippen molar-refractivity contribution in [1.29, 1.82) is 0 Å². The van der Waals surface area contributed by atoms with Gasteiger partial charge in [-0.15, -0.1) is 0 Å². The van der Waals surface area contributed by atoms with Gasteiger partial charge in [0.05, 0.1) is 19.1 Å². The Hall–Kier alpha value is -2.09. The molecule has 0 aliphatic carbocycles. The molecule has 0 radical (unpaired) electrons. The lowest BCUT2D eigenvalue weighted by Gasteiger charge is -2.14. The first-order valence-electron chi connectivity index (χ1n) is 5.50. The molecule has 0 saturated heterocycles. The van der Waals surface area contributed by atoms with E-state index in [1.165, 1.54) is 13.2 Å². The van der Waals surface area contributed by atoms with Crippen LogP contribution in [0.3, 0.4) is 0 Å². The third-order valence-corrected chi connectivity index (χ3v) is 2.91. The molecule has 1 rings (SSSR count). The average molecular weight is 345 g/mol. The number of primary amides is 1. The maximum absolute atomic E-state index is 12.0. The summed E-state index contributed by atoms with van der Waals surface area (Å²) >= 11 is 3.23. The molecule has 7 nitrogen and oxygen atoms in total. The quantitative estimate of drug-likeness (QED) is 0.694. The van der Waals surface area contributed by atoms with Gasteiger partial charge in [0.2, 0.25) is 5.91 Å². The Morgan fingerprint density at radius 3 is 2.60 bits per heavy atom. The number of hydrogen-bond acceptors (Lipinski definition) is 4. The van der Waals surface area contributed by atoms with E-state index in [2.05, 4.69) is 21.2 Å². The Labute approximate surface area is 123 Å². The maximum atomic E-state index is 12.0. The first-order valence-corrected chi connectivity index (χ1v) is 6.30. The van der Waals surface area contributed by atoms with E-state index in [9.17, 15) is 14.4 Å². The summed E-state index contributed by atoms with van der Waals surface area (Å²) in [6.07, 6.45) is -0.486. The summed E-state index contributed by atoms with van der Waals surface area (Å²) in [6, 6.07) is 3.27. The van der Waals surface area contributed by atoms with Gasteiger partial charge in [-0.25, -0.2) is 4.79 Å². The SMILES string of the molecule is COc1cc(Br)ccc1C(=O)N[C@H](CC(N)=O)C(=O)O. The van der Waals surface area contributed by atoms with E-state index in [1.807, 2.05) is 0 Å². The van der Waals surface area contributed by atoms with Crippen molar-refractivity contribution in [3.8, 4) is 5.75 Å². The highest BCUT2D eigenvalue weighted by Crippen LogP contribution is 2.23. The van der Waals surface area contributed by atoms with Crippen LogP contribution in [-0.4, -0.2) is 36.0 Å². The fourth-order valence-electron chi connectivity index (χ4n) is 1.49. The van der Waals surface area contributed by atoms with E-state index in [4.69, 9.17) is 15.6 Å². The van der Waals surface area contributed by atoms with Crippen LogP contribution in [0, 0.1) is 0 Å². The molecule has 2 amide bonds. The third-order valence-electron chi connectivity index (χ3n) is 2.42. The predicted octanol–water partition coefficient (Wildman–Crippen LogP) is 0.516. The van der Waals surface area contributed by atoms with E-state index in [1.54, 1.807) is 12.1 Å². The molecule has 0 aliphatic rings. The van der Waals surface area contributed by atoms with Gasteiger partial charge in [-0.3, -0.25) is 9.59 Å². The molecule has 4 N–H and O–H groups in total. The number of aliphatic carboxylic acids is 1.